The van der Waals surface area contributed by atoms with E-state index in [1.807, 2.05) is 52.0 Å². The van der Waals surface area contributed by atoms with E-state index in [1.54, 1.807) is 42.5 Å². The molecule has 0 aromatic heterocycles. The van der Waals surface area contributed by atoms with Crippen LogP contribution in [0.3, 0.4) is 0 Å². The molecule has 8 nitrogen and oxygen atoms in total. The molecule has 0 aliphatic rings. The molecule has 41 heavy (non-hydrogen) atoms. The summed E-state index contributed by atoms with van der Waals surface area (Å²) in [5.41, 5.74) is 2.25. The molecule has 220 valence electrons. The first-order chi connectivity index (χ1) is 19.7. The van der Waals surface area contributed by atoms with Gasteiger partial charge in [-0.3, -0.25) is 13.9 Å². The largest absolute Gasteiger partial charge is 0.494 e. The molecule has 0 spiro atoms. The summed E-state index contributed by atoms with van der Waals surface area (Å²) in [5.74, 6) is -0.133. The summed E-state index contributed by atoms with van der Waals surface area (Å²) in [7, 11) is -4.11. The van der Waals surface area contributed by atoms with Crippen molar-refractivity contribution in [3.63, 3.8) is 0 Å². The molecule has 0 saturated heterocycles. The first kappa shape index (κ1) is 31.7. The number of sulfonamides is 1. The number of hydrogen-bond donors (Lipinski definition) is 1. The number of carbonyl (C=O) groups excluding carboxylic acids is 2. The Kier molecular flexibility index (Phi) is 11.8. The molecule has 3 aromatic carbocycles. The van der Waals surface area contributed by atoms with Gasteiger partial charge in [-0.2, -0.15) is 0 Å². The number of nitrogens with one attached hydrogen (secondary N) is 1. The zero-order valence-electron chi connectivity index (χ0n) is 24.4. The van der Waals surface area contributed by atoms with Crippen LogP contribution in [0.1, 0.15) is 51.2 Å². The second kappa shape index (κ2) is 15.2. The van der Waals surface area contributed by atoms with E-state index in [1.165, 1.54) is 17.0 Å². The predicted molar refractivity (Wildman–Crippen MR) is 162 cm³/mol. The van der Waals surface area contributed by atoms with Gasteiger partial charge < -0.3 is 15.0 Å². The molecular formula is C32H41N3O5S. The van der Waals surface area contributed by atoms with E-state index in [2.05, 4.69) is 5.32 Å². The summed E-state index contributed by atoms with van der Waals surface area (Å²) in [4.78, 5) is 28.9. The maximum atomic E-state index is 14.1. The van der Waals surface area contributed by atoms with Crippen molar-refractivity contribution < 1.29 is 22.7 Å². The molecule has 0 heterocycles. The number of ether oxygens (including phenoxy) is 1. The third-order valence-corrected chi connectivity index (χ3v) is 8.52. The molecule has 0 bridgehead atoms. The molecule has 0 saturated carbocycles. The second-order valence-electron chi connectivity index (χ2n) is 9.83. The van der Waals surface area contributed by atoms with Crippen LogP contribution in [0.25, 0.3) is 0 Å². The standard InChI is InChI=1S/C32H41N3O5S/c1-5-8-22-33-32(37)30(6-2)34(23-26-16-14-25(4)15-17-26)31(36)24-35(27-18-20-28(21-19-27)40-7-3)41(38,39)29-12-10-9-11-13-29/h9-21,30H,5-8,22-24H2,1-4H3,(H,33,37)/t30-/m1/s1. The molecule has 9 heteroatoms. The zero-order chi connectivity index (χ0) is 29.8. The Labute approximate surface area is 244 Å². The second-order valence-corrected chi connectivity index (χ2v) is 11.7. The van der Waals surface area contributed by atoms with Crippen molar-refractivity contribution in [3.8, 4) is 5.75 Å². The Morgan fingerprint density at radius 1 is 0.902 bits per heavy atom. The van der Waals surface area contributed by atoms with Crippen LogP contribution in [-0.2, 0) is 26.2 Å². The smallest absolute Gasteiger partial charge is 0.264 e. The van der Waals surface area contributed by atoms with Gasteiger partial charge in [-0.25, -0.2) is 8.42 Å². The van der Waals surface area contributed by atoms with Gasteiger partial charge in [0.15, 0.2) is 0 Å². The van der Waals surface area contributed by atoms with Crippen molar-refractivity contribution in [2.75, 3.05) is 24.0 Å². The molecule has 0 aliphatic carbocycles. The number of anilines is 1. The number of unbranched alkanes of at least 4 members (excludes halogenated alkanes) is 1. The zero-order valence-corrected chi connectivity index (χ0v) is 25.2. The Morgan fingerprint density at radius 3 is 2.15 bits per heavy atom. The van der Waals surface area contributed by atoms with Gasteiger partial charge in [0.2, 0.25) is 11.8 Å². The Hall–Kier alpha value is -3.85. The Morgan fingerprint density at radius 2 is 1.56 bits per heavy atom. The van der Waals surface area contributed by atoms with Crippen LogP contribution >= 0.6 is 0 Å². The highest BCUT2D eigenvalue weighted by Gasteiger charge is 2.33. The van der Waals surface area contributed by atoms with Crippen molar-refractivity contribution in [3.05, 3.63) is 90.0 Å². The SMILES string of the molecule is CCCCNC(=O)[C@@H](CC)N(Cc1ccc(C)cc1)C(=O)CN(c1ccc(OCC)cc1)S(=O)(=O)c1ccccc1. The lowest BCUT2D eigenvalue weighted by Gasteiger charge is -2.33. The van der Waals surface area contributed by atoms with E-state index >= 15 is 0 Å². The highest BCUT2D eigenvalue weighted by Crippen LogP contribution is 2.27. The molecule has 0 aliphatic heterocycles. The van der Waals surface area contributed by atoms with Crippen molar-refractivity contribution in [2.24, 2.45) is 0 Å². The number of benzene rings is 3. The summed E-state index contributed by atoms with van der Waals surface area (Å²) < 4.78 is 34.4. The number of hydrogen-bond acceptors (Lipinski definition) is 5. The average molecular weight is 580 g/mol. The quantitative estimate of drug-likeness (QED) is 0.246. The van der Waals surface area contributed by atoms with E-state index in [9.17, 15) is 18.0 Å². The fraction of sp³-hybridized carbons (Fsp3) is 0.375. The summed E-state index contributed by atoms with van der Waals surface area (Å²) in [6.45, 7) is 8.41. The minimum absolute atomic E-state index is 0.0659. The first-order valence-electron chi connectivity index (χ1n) is 14.1. The monoisotopic (exact) mass is 579 g/mol. The number of rotatable bonds is 15. The molecule has 0 fully saturated rings. The summed E-state index contributed by atoms with van der Waals surface area (Å²) in [6, 6.07) is 21.6. The van der Waals surface area contributed by atoms with Crippen molar-refractivity contribution in [1.82, 2.24) is 10.2 Å². The fourth-order valence-corrected chi connectivity index (χ4v) is 5.87. The van der Waals surface area contributed by atoms with Crippen LogP contribution in [0.2, 0.25) is 0 Å². The van der Waals surface area contributed by atoms with Gasteiger partial charge in [0, 0.05) is 13.1 Å². The molecule has 3 aromatic rings. The first-order valence-corrected chi connectivity index (χ1v) is 15.6. The van der Waals surface area contributed by atoms with Crippen molar-refractivity contribution in [2.45, 2.75) is 64.4 Å². The van der Waals surface area contributed by atoms with Gasteiger partial charge in [0.05, 0.1) is 17.2 Å². The summed E-state index contributed by atoms with van der Waals surface area (Å²) in [5, 5.41) is 2.95. The summed E-state index contributed by atoms with van der Waals surface area (Å²) >= 11 is 0. The van der Waals surface area contributed by atoms with Crippen molar-refractivity contribution >= 4 is 27.5 Å². The topological polar surface area (TPSA) is 96.0 Å². The molecule has 0 unspecified atom stereocenters. The molecule has 1 N–H and O–H groups in total. The van der Waals surface area contributed by atoms with Gasteiger partial charge in [0.25, 0.3) is 10.0 Å². The summed E-state index contributed by atoms with van der Waals surface area (Å²) in [6.07, 6.45) is 2.14. The van der Waals surface area contributed by atoms with E-state index < -0.39 is 28.5 Å². The van der Waals surface area contributed by atoms with Gasteiger partial charge in [-0.15, -0.1) is 0 Å². The lowest BCUT2D eigenvalue weighted by Crippen LogP contribution is -2.52. The predicted octanol–water partition coefficient (Wildman–Crippen LogP) is 5.31. The molecular weight excluding hydrogens is 538 g/mol. The molecule has 0 radical (unpaired) electrons. The highest BCUT2D eigenvalue weighted by atomic mass is 32.2. The number of aryl methyl sites for hydroxylation is 1. The number of carbonyl (C=O) groups is 2. The van der Waals surface area contributed by atoms with Crippen LogP contribution in [0.4, 0.5) is 5.69 Å². The van der Waals surface area contributed by atoms with Crippen LogP contribution in [0.15, 0.2) is 83.8 Å². The average Bonchev–Trinajstić information content (AvgIpc) is 2.98. The third kappa shape index (κ3) is 8.57. The van der Waals surface area contributed by atoms with E-state index in [-0.39, 0.29) is 17.3 Å². The van der Waals surface area contributed by atoms with Gasteiger partial charge in [-0.1, -0.05) is 68.3 Å². The molecule has 3 rings (SSSR count). The minimum Gasteiger partial charge on any atom is -0.494 e. The maximum absolute atomic E-state index is 14.1. The Balaban J connectivity index is 2.02. The van der Waals surface area contributed by atoms with E-state index in [0.717, 1.165) is 28.3 Å². The number of amides is 2. The third-order valence-electron chi connectivity index (χ3n) is 6.73. The number of nitrogens with zero attached hydrogens (tertiary/aromatic N) is 2. The van der Waals surface area contributed by atoms with E-state index in [4.69, 9.17) is 4.74 Å². The van der Waals surface area contributed by atoms with Gasteiger partial charge in [0.1, 0.15) is 18.3 Å². The van der Waals surface area contributed by atoms with Gasteiger partial charge >= 0.3 is 0 Å². The van der Waals surface area contributed by atoms with Crippen LogP contribution in [0, 0.1) is 6.92 Å². The normalized spacial score (nSPS) is 11.9. The Bertz CT molecular complexity index is 1360. The molecule has 2 amide bonds. The lowest BCUT2D eigenvalue weighted by molar-refractivity contribution is -0.140. The maximum Gasteiger partial charge on any atom is 0.264 e. The minimum atomic E-state index is -4.11. The van der Waals surface area contributed by atoms with Crippen LogP contribution in [-0.4, -0.2) is 50.9 Å². The molecule has 1 atom stereocenters. The fourth-order valence-electron chi connectivity index (χ4n) is 4.44. The van der Waals surface area contributed by atoms with Gasteiger partial charge in [-0.05, 0) is 68.7 Å². The van der Waals surface area contributed by atoms with Crippen molar-refractivity contribution in [1.29, 1.82) is 0 Å². The van der Waals surface area contributed by atoms with Crippen LogP contribution < -0.4 is 14.4 Å². The highest BCUT2D eigenvalue weighted by molar-refractivity contribution is 7.92. The van der Waals surface area contributed by atoms with Crippen LogP contribution in [0.5, 0.6) is 5.75 Å². The lowest BCUT2D eigenvalue weighted by atomic mass is 10.1. The van der Waals surface area contributed by atoms with E-state index in [0.29, 0.717) is 31.0 Å².